The van der Waals surface area contributed by atoms with Gasteiger partial charge in [0.15, 0.2) is 0 Å². The van der Waals surface area contributed by atoms with Crippen LogP contribution in [0.25, 0.3) is 0 Å². The van der Waals surface area contributed by atoms with Crippen molar-refractivity contribution in [1.82, 2.24) is 10.2 Å². The average Bonchev–Trinajstić information content (AvgIpc) is 2.34. The molecule has 2 rings (SSSR count). The molecule has 1 aromatic rings. The van der Waals surface area contributed by atoms with Crippen LogP contribution >= 0.6 is 0 Å². The van der Waals surface area contributed by atoms with Gasteiger partial charge >= 0.3 is 0 Å². The van der Waals surface area contributed by atoms with E-state index in [0.29, 0.717) is 5.75 Å². The predicted molar refractivity (Wildman–Crippen MR) is 79.7 cm³/mol. The molecule has 1 aromatic carbocycles. The van der Waals surface area contributed by atoms with Gasteiger partial charge in [0.2, 0.25) is 0 Å². The lowest BCUT2D eigenvalue weighted by Crippen LogP contribution is -2.43. The molecule has 0 bridgehead atoms. The van der Waals surface area contributed by atoms with Crippen molar-refractivity contribution in [2.75, 3.05) is 26.2 Å². The zero-order valence-electron chi connectivity index (χ0n) is 12.6. The van der Waals surface area contributed by atoms with Crippen LogP contribution in [-0.4, -0.2) is 36.2 Å². The van der Waals surface area contributed by atoms with E-state index in [1.165, 1.54) is 5.56 Å². The fourth-order valence-electron chi connectivity index (χ4n) is 2.63. The number of aromatic hydroxyl groups is 1. The van der Waals surface area contributed by atoms with Gasteiger partial charge in [-0.25, -0.2) is 0 Å². The number of hydrogen-bond acceptors (Lipinski definition) is 3. The summed E-state index contributed by atoms with van der Waals surface area (Å²) in [4.78, 5) is 2.41. The zero-order valence-corrected chi connectivity index (χ0v) is 12.6. The van der Waals surface area contributed by atoms with Gasteiger partial charge in [0.1, 0.15) is 5.75 Å². The molecule has 3 nitrogen and oxygen atoms in total. The highest BCUT2D eigenvalue weighted by Gasteiger charge is 2.22. The number of rotatable bonds is 2. The second kappa shape index (κ2) is 5.51. The minimum absolute atomic E-state index is 0.0179. The summed E-state index contributed by atoms with van der Waals surface area (Å²) in [6.45, 7) is 13.6. The molecule has 0 aromatic heterocycles. The minimum atomic E-state index is -0.0179. The smallest absolute Gasteiger partial charge is 0.124 e. The van der Waals surface area contributed by atoms with E-state index in [9.17, 15) is 5.11 Å². The highest BCUT2D eigenvalue weighted by atomic mass is 16.3. The van der Waals surface area contributed by atoms with Crippen molar-refractivity contribution in [2.24, 2.45) is 0 Å². The van der Waals surface area contributed by atoms with Crippen molar-refractivity contribution in [3.8, 4) is 5.75 Å². The second-order valence-corrected chi connectivity index (χ2v) is 6.53. The topological polar surface area (TPSA) is 35.5 Å². The fourth-order valence-corrected chi connectivity index (χ4v) is 2.63. The van der Waals surface area contributed by atoms with Gasteiger partial charge in [0.25, 0.3) is 0 Å². The van der Waals surface area contributed by atoms with E-state index in [4.69, 9.17) is 0 Å². The third-order valence-electron chi connectivity index (χ3n) is 3.92. The largest absolute Gasteiger partial charge is 0.507 e. The molecule has 1 aliphatic heterocycles. The van der Waals surface area contributed by atoms with Gasteiger partial charge in [0, 0.05) is 38.3 Å². The molecule has 0 amide bonds. The number of phenolic OH excluding ortho intramolecular Hbond substituents is 1. The Kier molecular flexibility index (Phi) is 4.16. The Morgan fingerprint density at radius 3 is 2.42 bits per heavy atom. The van der Waals surface area contributed by atoms with E-state index in [0.717, 1.165) is 43.9 Å². The summed E-state index contributed by atoms with van der Waals surface area (Å²) in [5, 5.41) is 14.0. The summed E-state index contributed by atoms with van der Waals surface area (Å²) in [5.74, 6) is 0.492. The number of piperazine rings is 1. The molecular formula is C16H26N2O. The van der Waals surface area contributed by atoms with Crippen LogP contribution in [0.2, 0.25) is 0 Å². The maximum Gasteiger partial charge on any atom is 0.124 e. The van der Waals surface area contributed by atoms with Crippen LogP contribution in [0.1, 0.15) is 37.5 Å². The van der Waals surface area contributed by atoms with E-state index >= 15 is 0 Å². The molecule has 0 unspecified atom stereocenters. The molecule has 106 valence electrons. The molecule has 0 atom stereocenters. The van der Waals surface area contributed by atoms with Gasteiger partial charge < -0.3 is 10.4 Å². The number of phenols is 1. The first-order valence-electron chi connectivity index (χ1n) is 7.14. The van der Waals surface area contributed by atoms with Crippen LogP contribution in [0.4, 0.5) is 0 Å². The van der Waals surface area contributed by atoms with Gasteiger partial charge in [-0.2, -0.15) is 0 Å². The van der Waals surface area contributed by atoms with Crippen LogP contribution in [0.5, 0.6) is 5.75 Å². The van der Waals surface area contributed by atoms with Crippen LogP contribution < -0.4 is 5.32 Å². The monoisotopic (exact) mass is 262 g/mol. The lowest BCUT2D eigenvalue weighted by Gasteiger charge is -2.29. The Bertz CT molecular complexity index is 443. The van der Waals surface area contributed by atoms with Gasteiger partial charge in [-0.15, -0.1) is 0 Å². The third kappa shape index (κ3) is 3.28. The molecule has 1 fully saturated rings. The third-order valence-corrected chi connectivity index (χ3v) is 3.92. The number of hydrogen-bond donors (Lipinski definition) is 2. The molecule has 0 aliphatic carbocycles. The van der Waals surface area contributed by atoms with Gasteiger partial charge in [-0.1, -0.05) is 32.9 Å². The highest BCUT2D eigenvalue weighted by molar-refractivity contribution is 5.48. The van der Waals surface area contributed by atoms with Crippen molar-refractivity contribution >= 4 is 0 Å². The van der Waals surface area contributed by atoms with Crippen LogP contribution in [0, 0.1) is 6.92 Å². The number of nitrogens with zero attached hydrogens (tertiary/aromatic N) is 1. The summed E-state index contributed by atoms with van der Waals surface area (Å²) < 4.78 is 0. The molecule has 3 heteroatoms. The van der Waals surface area contributed by atoms with Crippen LogP contribution in [-0.2, 0) is 12.0 Å². The predicted octanol–water partition coefficient (Wildman–Crippen LogP) is 2.40. The molecule has 19 heavy (non-hydrogen) atoms. The van der Waals surface area contributed by atoms with E-state index in [-0.39, 0.29) is 5.41 Å². The Morgan fingerprint density at radius 2 is 1.84 bits per heavy atom. The lowest BCUT2D eigenvalue weighted by atomic mass is 9.84. The van der Waals surface area contributed by atoms with E-state index in [1.54, 1.807) is 0 Å². The Labute approximate surface area is 116 Å². The normalized spacial score (nSPS) is 17.7. The Hall–Kier alpha value is -1.06. The SMILES string of the molecule is Cc1ccc(C(C)(C)C)c(O)c1CN1CCNCC1. The van der Waals surface area contributed by atoms with E-state index in [1.807, 2.05) is 0 Å². The quantitative estimate of drug-likeness (QED) is 0.859. The van der Waals surface area contributed by atoms with Gasteiger partial charge in [-0.05, 0) is 23.5 Å². The molecule has 0 radical (unpaired) electrons. The molecule has 1 heterocycles. The van der Waals surface area contributed by atoms with Crippen molar-refractivity contribution in [2.45, 2.75) is 39.7 Å². The van der Waals surface area contributed by atoms with E-state index < -0.39 is 0 Å². The molecule has 1 aliphatic rings. The van der Waals surface area contributed by atoms with Crippen LogP contribution in [0.15, 0.2) is 12.1 Å². The van der Waals surface area contributed by atoms with Crippen molar-refractivity contribution in [3.63, 3.8) is 0 Å². The molecule has 1 saturated heterocycles. The summed E-state index contributed by atoms with van der Waals surface area (Å²) in [7, 11) is 0. The highest BCUT2D eigenvalue weighted by Crippen LogP contribution is 2.35. The van der Waals surface area contributed by atoms with Crippen molar-refractivity contribution in [1.29, 1.82) is 0 Å². The first-order valence-corrected chi connectivity index (χ1v) is 7.14. The summed E-state index contributed by atoms with van der Waals surface area (Å²) in [6, 6.07) is 4.20. The maximum atomic E-state index is 10.6. The second-order valence-electron chi connectivity index (χ2n) is 6.53. The minimum Gasteiger partial charge on any atom is -0.507 e. The fraction of sp³-hybridized carbons (Fsp3) is 0.625. The first-order chi connectivity index (χ1) is 8.89. The number of nitrogens with one attached hydrogen (secondary N) is 1. The average molecular weight is 262 g/mol. The lowest BCUT2D eigenvalue weighted by molar-refractivity contribution is 0.230. The number of aryl methyl sites for hydroxylation is 1. The summed E-state index contributed by atoms with van der Waals surface area (Å²) >= 11 is 0. The molecule has 0 saturated carbocycles. The van der Waals surface area contributed by atoms with Crippen molar-refractivity contribution in [3.05, 3.63) is 28.8 Å². The number of benzene rings is 1. The summed E-state index contributed by atoms with van der Waals surface area (Å²) in [5.41, 5.74) is 3.30. The molecule has 0 spiro atoms. The van der Waals surface area contributed by atoms with Gasteiger partial charge in [-0.3, -0.25) is 4.90 Å². The maximum absolute atomic E-state index is 10.6. The Morgan fingerprint density at radius 1 is 1.21 bits per heavy atom. The molecular weight excluding hydrogens is 236 g/mol. The van der Waals surface area contributed by atoms with E-state index in [2.05, 4.69) is 50.0 Å². The Balaban J connectivity index is 2.28. The van der Waals surface area contributed by atoms with Gasteiger partial charge in [0.05, 0.1) is 0 Å². The first kappa shape index (κ1) is 14.4. The zero-order chi connectivity index (χ0) is 14.0. The summed E-state index contributed by atoms with van der Waals surface area (Å²) in [6.07, 6.45) is 0. The molecule has 2 N–H and O–H groups in total. The van der Waals surface area contributed by atoms with Crippen LogP contribution in [0.3, 0.4) is 0 Å². The standard InChI is InChI=1S/C16H26N2O/c1-12-5-6-14(16(2,3)4)15(19)13(12)11-18-9-7-17-8-10-18/h5-6,17,19H,7-11H2,1-4H3. The van der Waals surface area contributed by atoms with Crippen molar-refractivity contribution < 1.29 is 5.11 Å².